The topological polar surface area (TPSA) is 167 Å². The summed E-state index contributed by atoms with van der Waals surface area (Å²) in [4.78, 5) is 113. The minimum atomic E-state index is -0.403. The number of hydrogen-bond donors (Lipinski definition) is 1. The third-order valence-electron chi connectivity index (χ3n) is 19.0. The van der Waals surface area contributed by atoms with Crippen LogP contribution in [0.25, 0.3) is 189 Å². The Bertz CT molecular complexity index is 6540. The highest BCUT2D eigenvalue weighted by molar-refractivity contribution is 6.51. The fraction of sp³-hybridized carbons (Fsp3) is 0. The Hall–Kier alpha value is -12.0. The normalized spacial score (nSPS) is 12.8. The Kier molecular flexibility index (Phi) is 8.03. The highest BCUT2D eigenvalue weighted by atomic mass is 16.2. The molecule has 12 heteroatoms. The van der Waals surface area contributed by atoms with E-state index in [0.717, 1.165) is 108 Å². The van der Waals surface area contributed by atoms with Gasteiger partial charge in [-0.15, -0.1) is 0 Å². The number of hydrogen-bond acceptors (Lipinski definition) is 8. The number of rotatable bonds is 3. The molecular weight excluding hydrogens is 1070 g/mol. The van der Waals surface area contributed by atoms with Crippen molar-refractivity contribution in [2.75, 3.05) is 0 Å². The van der Waals surface area contributed by atoms with Gasteiger partial charge in [0.1, 0.15) is 0 Å². The van der Waals surface area contributed by atoms with Crippen LogP contribution in [0.1, 0.15) is 0 Å². The van der Waals surface area contributed by atoms with Gasteiger partial charge in [-0.3, -0.25) is 43.3 Å². The minimum absolute atomic E-state index is 0.351. The van der Waals surface area contributed by atoms with E-state index >= 15 is 0 Å². The van der Waals surface area contributed by atoms with Crippen LogP contribution in [0.3, 0.4) is 0 Å². The lowest BCUT2D eigenvalue weighted by molar-refractivity contribution is 0.970. The van der Waals surface area contributed by atoms with Crippen LogP contribution in [-0.2, 0) is 0 Å². The summed E-state index contributed by atoms with van der Waals surface area (Å²) in [7, 11) is 0. The fourth-order valence-electron chi connectivity index (χ4n) is 15.7. The zero-order valence-electron chi connectivity index (χ0n) is 44.5. The lowest BCUT2D eigenvalue weighted by Gasteiger charge is -2.23. The van der Waals surface area contributed by atoms with E-state index in [2.05, 4.69) is 4.98 Å². The zero-order chi connectivity index (χ0) is 57.2. The second kappa shape index (κ2) is 15.2. The summed E-state index contributed by atoms with van der Waals surface area (Å²) in [5, 5.41) is 24.5. The third-order valence-corrected chi connectivity index (χ3v) is 19.0. The summed E-state index contributed by atoms with van der Waals surface area (Å²) in [5.74, 6) is 0. The molecule has 0 aliphatic carbocycles. The number of nitrogens with zero attached hydrogens (tertiary/aromatic N) is 3. The highest BCUT2D eigenvalue weighted by Gasteiger charge is 2.31. The van der Waals surface area contributed by atoms with Gasteiger partial charge in [0.05, 0.1) is 17.1 Å². The number of nitrogens with one attached hydrogen (secondary N) is 1. The molecule has 1 N–H and O–H groups in total. The summed E-state index contributed by atoms with van der Waals surface area (Å²) in [5.41, 5.74) is -1.35. The van der Waals surface area contributed by atoms with Gasteiger partial charge in [-0.25, -0.2) is 13.7 Å². The predicted octanol–water partition coefficient (Wildman–Crippen LogP) is 12.8. The number of para-hydroxylation sites is 3. The second-order valence-corrected chi connectivity index (χ2v) is 23.1. The molecule has 0 aliphatic rings. The standard InChI is InChI=1S/C40H18N2O4.C34H14N2O4/c43-37-25-15-19-11-13-21-17-27-34-28(40(46)42(39(27)45)24-9-5-2-6-10-24)18-22-14-12-20-16-26(38(44)41(37)23-7-3-1-4-8-23)33(25)35-29(19)31(21)36(34)32(22)30(20)35;37-31-19-10-14-6-8-16-12-21-28-22(34(40)36(33(21)39)18-4-2-1-3-5-18)13-17-9-7-15-11-20(32(38)35-31)27(19)29-23(14)25(16)30(28)26(17)24(15)29/h1-18H;1-13H,(H,35,37,38). The van der Waals surface area contributed by atoms with Gasteiger partial charge in [-0.2, -0.15) is 0 Å². The van der Waals surface area contributed by atoms with Gasteiger partial charge in [0.15, 0.2) is 0 Å². The third kappa shape index (κ3) is 5.20. The van der Waals surface area contributed by atoms with E-state index in [1.54, 1.807) is 36.4 Å². The molecule has 12 nitrogen and oxygen atoms in total. The van der Waals surface area contributed by atoms with Crippen molar-refractivity contribution in [3.8, 4) is 17.1 Å². The van der Waals surface area contributed by atoms with Crippen molar-refractivity contribution in [2.45, 2.75) is 0 Å². The van der Waals surface area contributed by atoms with E-state index in [0.29, 0.717) is 81.7 Å². The van der Waals surface area contributed by atoms with E-state index in [1.165, 1.54) is 13.7 Å². The van der Waals surface area contributed by atoms with Crippen molar-refractivity contribution in [2.24, 2.45) is 0 Å². The SMILES string of the molecule is O=c1[nH]c(=O)c2cc3ccc4cc5c(=O)n(-c6ccccc6)c(=O)c6cc7ccc8cc1c2c1c8c7c(c65)c4c31.O=c1c2cc3ccc4cc5c(=O)n(-c6ccccc6)c(=O)c6cc7ccc8cc(c(=O)n1-c1ccccc1)c2c1c3c4c(c56)c7c81. The molecule has 0 unspecified atom stereocenters. The largest absolute Gasteiger partial charge is 0.288 e. The van der Waals surface area contributed by atoms with Crippen LogP contribution < -0.4 is 44.5 Å². The Labute approximate surface area is 476 Å². The maximum atomic E-state index is 14.2. The molecule has 21 aromatic rings. The molecule has 0 atom stereocenters. The molecule has 396 valence electrons. The molecule has 0 fully saturated rings. The molecular formula is C74H32N4O8. The maximum absolute atomic E-state index is 14.2. The van der Waals surface area contributed by atoms with Gasteiger partial charge in [0, 0.05) is 86.2 Å². The Morgan fingerprint density at radius 3 is 0.593 bits per heavy atom. The molecule has 86 heavy (non-hydrogen) atoms. The monoisotopic (exact) mass is 1100 g/mol. The van der Waals surface area contributed by atoms with Gasteiger partial charge < -0.3 is 0 Å². The zero-order valence-corrected chi connectivity index (χ0v) is 44.5. The summed E-state index contributed by atoms with van der Waals surface area (Å²) >= 11 is 0. The molecule has 0 radical (unpaired) electrons. The Morgan fingerprint density at radius 1 is 0.198 bits per heavy atom. The molecule has 0 spiro atoms. The van der Waals surface area contributed by atoms with Crippen molar-refractivity contribution in [1.82, 2.24) is 18.7 Å². The summed E-state index contributed by atoms with van der Waals surface area (Å²) < 4.78 is 3.81. The molecule has 0 bridgehead atoms. The van der Waals surface area contributed by atoms with Gasteiger partial charge >= 0.3 is 0 Å². The maximum Gasteiger partial charge on any atom is 0.266 e. The van der Waals surface area contributed by atoms with E-state index in [-0.39, 0.29) is 33.4 Å². The lowest BCUT2D eigenvalue weighted by Crippen LogP contribution is -2.32. The first-order valence-corrected chi connectivity index (χ1v) is 28.1. The number of aromatic nitrogens is 4. The summed E-state index contributed by atoms with van der Waals surface area (Å²) in [6.45, 7) is 0. The molecule has 0 saturated carbocycles. The molecule has 4 heterocycles. The molecule has 0 aliphatic heterocycles. The van der Waals surface area contributed by atoms with Crippen LogP contribution in [0.15, 0.2) is 226 Å². The van der Waals surface area contributed by atoms with Gasteiger partial charge in [0.25, 0.3) is 44.5 Å². The number of H-pyrrole nitrogens is 1. The quantitative estimate of drug-likeness (QED) is 0.135. The Morgan fingerprint density at radius 2 is 0.384 bits per heavy atom. The second-order valence-electron chi connectivity index (χ2n) is 23.1. The van der Waals surface area contributed by atoms with Crippen molar-refractivity contribution >= 4 is 172 Å². The molecule has 0 amide bonds. The van der Waals surface area contributed by atoms with Gasteiger partial charge in [0.2, 0.25) is 0 Å². The summed E-state index contributed by atoms with van der Waals surface area (Å²) in [6.07, 6.45) is 0. The van der Waals surface area contributed by atoms with Crippen LogP contribution in [0.2, 0.25) is 0 Å². The highest BCUT2D eigenvalue weighted by Crippen LogP contribution is 2.53. The molecule has 17 aromatic carbocycles. The van der Waals surface area contributed by atoms with Crippen LogP contribution in [-0.4, -0.2) is 18.7 Å². The predicted molar refractivity (Wildman–Crippen MR) is 347 cm³/mol. The van der Waals surface area contributed by atoms with Crippen molar-refractivity contribution < 1.29 is 0 Å². The minimum Gasteiger partial charge on any atom is -0.288 e. The van der Waals surface area contributed by atoms with Crippen molar-refractivity contribution in [3.63, 3.8) is 0 Å². The van der Waals surface area contributed by atoms with Crippen LogP contribution in [0.4, 0.5) is 0 Å². The van der Waals surface area contributed by atoms with E-state index in [4.69, 9.17) is 0 Å². The average molecular weight is 1110 g/mol. The lowest BCUT2D eigenvalue weighted by atomic mass is 9.80. The number of pyridine rings is 4. The first-order chi connectivity index (χ1) is 42.0. The van der Waals surface area contributed by atoms with Crippen molar-refractivity contribution in [1.29, 1.82) is 0 Å². The van der Waals surface area contributed by atoms with Gasteiger partial charge in [-0.05, 0) is 171 Å². The smallest absolute Gasteiger partial charge is 0.266 e. The summed E-state index contributed by atoms with van der Waals surface area (Å²) in [6, 6.07) is 58.0. The van der Waals surface area contributed by atoms with Crippen LogP contribution >= 0.6 is 0 Å². The number of benzene rings is 17. The Balaban J connectivity index is 0.000000123. The molecule has 21 rings (SSSR count). The first-order valence-electron chi connectivity index (χ1n) is 28.1. The first kappa shape index (κ1) is 45.6. The van der Waals surface area contributed by atoms with Crippen LogP contribution in [0.5, 0.6) is 0 Å². The fourth-order valence-corrected chi connectivity index (χ4v) is 15.7. The van der Waals surface area contributed by atoms with E-state index in [1.807, 2.05) is 152 Å². The van der Waals surface area contributed by atoms with Crippen molar-refractivity contribution in [3.05, 3.63) is 271 Å². The van der Waals surface area contributed by atoms with E-state index < -0.39 is 11.1 Å². The van der Waals surface area contributed by atoms with E-state index in [9.17, 15) is 38.4 Å². The van der Waals surface area contributed by atoms with Crippen LogP contribution in [0, 0.1) is 0 Å². The van der Waals surface area contributed by atoms with Gasteiger partial charge in [-0.1, -0.05) is 103 Å². The molecule has 0 saturated heterocycles. The molecule has 4 aromatic heterocycles. The number of aromatic amines is 1. The average Bonchev–Trinajstić information content (AvgIpc) is 0.697.